The lowest BCUT2D eigenvalue weighted by Gasteiger charge is -2.00. The number of nitrogen functional groups attached to an aromatic ring is 1. The smallest absolute Gasteiger partial charge is 0.121 e. The van der Waals surface area contributed by atoms with Gasteiger partial charge in [0.25, 0.3) is 0 Å². The Morgan fingerprint density at radius 3 is 2.94 bits per heavy atom. The maximum Gasteiger partial charge on any atom is 0.121 e. The van der Waals surface area contributed by atoms with E-state index in [1.807, 2.05) is 37.5 Å². The van der Waals surface area contributed by atoms with Gasteiger partial charge < -0.3 is 10.7 Å². The summed E-state index contributed by atoms with van der Waals surface area (Å²) < 4.78 is 2.71. The minimum Gasteiger partial charge on any atom is -0.384 e. The molecule has 3 rings (SSSR count). The van der Waals surface area contributed by atoms with Crippen molar-refractivity contribution in [3.8, 4) is 11.3 Å². The van der Waals surface area contributed by atoms with Crippen LogP contribution in [0.5, 0.6) is 0 Å². The Labute approximate surface area is 107 Å². The summed E-state index contributed by atoms with van der Waals surface area (Å²) in [6.45, 7) is 0. The summed E-state index contributed by atoms with van der Waals surface area (Å²) in [7, 11) is 1.84. The average molecular weight is 291 g/mol. The molecule has 86 valence electrons. The van der Waals surface area contributed by atoms with Crippen LogP contribution in [0.3, 0.4) is 0 Å². The standard InChI is InChI=1S/C12H11BrN4/c1-17-11(14)5-10(16-17)7-3-2-4-9-12(7)8(13)6-15-9/h2-6,15H,14H2,1H3. The molecule has 3 aromatic rings. The molecule has 0 aliphatic rings. The van der Waals surface area contributed by atoms with E-state index in [0.717, 1.165) is 26.6 Å². The lowest BCUT2D eigenvalue weighted by Crippen LogP contribution is -1.96. The van der Waals surface area contributed by atoms with Crippen LogP contribution in [0.2, 0.25) is 0 Å². The van der Waals surface area contributed by atoms with Gasteiger partial charge in [-0.15, -0.1) is 0 Å². The molecule has 17 heavy (non-hydrogen) atoms. The number of aromatic amines is 1. The van der Waals surface area contributed by atoms with Crippen molar-refractivity contribution in [2.24, 2.45) is 7.05 Å². The van der Waals surface area contributed by atoms with Gasteiger partial charge in [-0.3, -0.25) is 4.68 Å². The third kappa shape index (κ3) is 1.54. The highest BCUT2D eigenvalue weighted by Crippen LogP contribution is 2.33. The van der Waals surface area contributed by atoms with Gasteiger partial charge >= 0.3 is 0 Å². The molecule has 2 heterocycles. The van der Waals surface area contributed by atoms with Crippen molar-refractivity contribution >= 4 is 32.7 Å². The number of hydrogen-bond acceptors (Lipinski definition) is 2. The van der Waals surface area contributed by atoms with Crippen LogP contribution in [0, 0.1) is 0 Å². The van der Waals surface area contributed by atoms with Crippen molar-refractivity contribution in [3.05, 3.63) is 34.9 Å². The second-order valence-electron chi connectivity index (χ2n) is 3.94. The lowest BCUT2D eigenvalue weighted by atomic mass is 10.1. The first-order valence-electron chi connectivity index (χ1n) is 5.22. The molecule has 0 atom stereocenters. The molecule has 0 saturated carbocycles. The number of rotatable bonds is 1. The summed E-state index contributed by atoms with van der Waals surface area (Å²) in [6.07, 6.45) is 1.93. The summed E-state index contributed by atoms with van der Waals surface area (Å²) in [5.74, 6) is 0.656. The number of nitrogens with zero attached hydrogens (tertiary/aromatic N) is 2. The number of anilines is 1. The van der Waals surface area contributed by atoms with E-state index >= 15 is 0 Å². The molecule has 4 nitrogen and oxygen atoms in total. The highest BCUT2D eigenvalue weighted by Gasteiger charge is 2.11. The fourth-order valence-corrected chi connectivity index (χ4v) is 2.51. The zero-order chi connectivity index (χ0) is 12.0. The van der Waals surface area contributed by atoms with Gasteiger partial charge in [-0.2, -0.15) is 5.10 Å². The number of H-pyrrole nitrogens is 1. The number of nitrogens with one attached hydrogen (secondary N) is 1. The Morgan fingerprint density at radius 1 is 1.41 bits per heavy atom. The van der Waals surface area contributed by atoms with Crippen LogP contribution in [-0.4, -0.2) is 14.8 Å². The highest BCUT2D eigenvalue weighted by atomic mass is 79.9. The second-order valence-corrected chi connectivity index (χ2v) is 4.80. The van der Waals surface area contributed by atoms with E-state index in [4.69, 9.17) is 5.73 Å². The molecule has 2 aromatic heterocycles. The van der Waals surface area contributed by atoms with Crippen LogP contribution in [0.25, 0.3) is 22.2 Å². The predicted octanol–water partition coefficient (Wildman–Crippen LogP) is 2.91. The molecule has 0 radical (unpaired) electrons. The Hall–Kier alpha value is -1.75. The number of benzene rings is 1. The van der Waals surface area contributed by atoms with E-state index in [-0.39, 0.29) is 0 Å². The van der Waals surface area contributed by atoms with E-state index in [1.54, 1.807) is 4.68 Å². The fraction of sp³-hybridized carbons (Fsp3) is 0.0833. The first kappa shape index (κ1) is 10.4. The lowest BCUT2D eigenvalue weighted by molar-refractivity contribution is 0.782. The molecule has 0 saturated heterocycles. The molecule has 0 aliphatic heterocycles. The quantitative estimate of drug-likeness (QED) is 0.724. The first-order chi connectivity index (χ1) is 8.16. The van der Waals surface area contributed by atoms with E-state index in [0.29, 0.717) is 5.82 Å². The normalized spacial score (nSPS) is 11.2. The molecule has 0 amide bonds. The van der Waals surface area contributed by atoms with Crippen LogP contribution < -0.4 is 5.73 Å². The maximum atomic E-state index is 5.82. The largest absolute Gasteiger partial charge is 0.384 e. The van der Waals surface area contributed by atoms with Crippen molar-refractivity contribution < 1.29 is 0 Å². The summed E-state index contributed by atoms with van der Waals surface area (Å²) in [5.41, 5.74) is 8.86. The SMILES string of the molecule is Cn1nc(-c2cccc3[nH]cc(Br)c23)cc1N. The minimum atomic E-state index is 0.656. The molecule has 0 unspecified atom stereocenters. The second kappa shape index (κ2) is 3.63. The molecule has 0 spiro atoms. The average Bonchev–Trinajstić information content (AvgIpc) is 2.84. The van der Waals surface area contributed by atoms with Gasteiger partial charge in [0.05, 0.1) is 5.69 Å². The highest BCUT2D eigenvalue weighted by molar-refractivity contribution is 9.10. The van der Waals surface area contributed by atoms with E-state index in [1.165, 1.54) is 0 Å². The number of aryl methyl sites for hydroxylation is 1. The summed E-state index contributed by atoms with van der Waals surface area (Å²) in [5, 5.41) is 5.54. The van der Waals surface area contributed by atoms with Gasteiger partial charge in [-0.1, -0.05) is 12.1 Å². The molecule has 0 bridgehead atoms. The van der Waals surface area contributed by atoms with E-state index in [9.17, 15) is 0 Å². The molecule has 3 N–H and O–H groups in total. The van der Waals surface area contributed by atoms with Crippen molar-refractivity contribution in [1.82, 2.24) is 14.8 Å². The Balaban J connectivity index is 2.33. The number of aromatic nitrogens is 3. The Bertz CT molecular complexity index is 676. The van der Waals surface area contributed by atoms with E-state index < -0.39 is 0 Å². The molecule has 0 fully saturated rings. The van der Waals surface area contributed by atoms with Crippen molar-refractivity contribution in [3.63, 3.8) is 0 Å². The van der Waals surface area contributed by atoms with Crippen LogP contribution in [-0.2, 0) is 7.05 Å². The van der Waals surface area contributed by atoms with Crippen LogP contribution >= 0.6 is 15.9 Å². The number of hydrogen-bond donors (Lipinski definition) is 2. The fourth-order valence-electron chi connectivity index (χ4n) is 1.97. The monoisotopic (exact) mass is 290 g/mol. The van der Waals surface area contributed by atoms with Gasteiger partial charge in [0.2, 0.25) is 0 Å². The van der Waals surface area contributed by atoms with E-state index in [2.05, 4.69) is 26.0 Å². The van der Waals surface area contributed by atoms with Crippen LogP contribution in [0.1, 0.15) is 0 Å². The third-order valence-corrected chi connectivity index (χ3v) is 3.48. The van der Waals surface area contributed by atoms with Gasteiger partial charge in [-0.05, 0) is 22.0 Å². The number of nitrogens with two attached hydrogens (primary N) is 1. The van der Waals surface area contributed by atoms with Crippen molar-refractivity contribution in [2.75, 3.05) is 5.73 Å². The van der Waals surface area contributed by atoms with Crippen molar-refractivity contribution in [2.45, 2.75) is 0 Å². The summed E-state index contributed by atoms with van der Waals surface area (Å²) in [4.78, 5) is 3.21. The Kier molecular flexibility index (Phi) is 2.22. The Morgan fingerprint density at radius 2 is 2.24 bits per heavy atom. The molecule has 0 aliphatic carbocycles. The topological polar surface area (TPSA) is 59.6 Å². The third-order valence-electron chi connectivity index (χ3n) is 2.85. The summed E-state index contributed by atoms with van der Waals surface area (Å²) >= 11 is 3.54. The number of halogens is 1. The number of fused-ring (bicyclic) bond motifs is 1. The van der Waals surface area contributed by atoms with Crippen LogP contribution in [0.4, 0.5) is 5.82 Å². The molecular weight excluding hydrogens is 280 g/mol. The zero-order valence-electron chi connectivity index (χ0n) is 9.24. The van der Waals surface area contributed by atoms with Gasteiger partial charge in [0.1, 0.15) is 5.82 Å². The molecule has 5 heteroatoms. The first-order valence-corrected chi connectivity index (χ1v) is 6.01. The summed E-state index contributed by atoms with van der Waals surface area (Å²) in [6, 6.07) is 7.97. The van der Waals surface area contributed by atoms with Crippen LogP contribution in [0.15, 0.2) is 34.9 Å². The molecule has 1 aromatic carbocycles. The van der Waals surface area contributed by atoms with Gasteiger partial charge in [0.15, 0.2) is 0 Å². The zero-order valence-corrected chi connectivity index (χ0v) is 10.8. The minimum absolute atomic E-state index is 0.656. The molecular formula is C12H11BrN4. The predicted molar refractivity (Wildman–Crippen MR) is 72.6 cm³/mol. The van der Waals surface area contributed by atoms with Gasteiger partial charge in [0, 0.05) is 40.2 Å². The van der Waals surface area contributed by atoms with Crippen molar-refractivity contribution in [1.29, 1.82) is 0 Å². The maximum absolute atomic E-state index is 5.82. The van der Waals surface area contributed by atoms with Gasteiger partial charge in [-0.25, -0.2) is 0 Å².